The zero-order chi connectivity index (χ0) is 13.7. The Labute approximate surface area is 121 Å². The summed E-state index contributed by atoms with van der Waals surface area (Å²) in [5.74, 6) is -0.148. The average molecular weight is 319 g/mol. The normalized spacial score (nSPS) is 11.9. The quantitative estimate of drug-likeness (QED) is 0.879. The van der Waals surface area contributed by atoms with Crippen LogP contribution in [0.3, 0.4) is 0 Å². The molecule has 1 unspecified atom stereocenters. The van der Waals surface area contributed by atoms with Crippen LogP contribution in [0.15, 0.2) is 53.1 Å². The van der Waals surface area contributed by atoms with Crippen molar-refractivity contribution in [3.63, 3.8) is 0 Å². The van der Waals surface area contributed by atoms with Crippen molar-refractivity contribution < 1.29 is 4.79 Å². The highest BCUT2D eigenvalue weighted by Gasteiger charge is 2.11. The lowest BCUT2D eigenvalue weighted by Crippen LogP contribution is -2.34. The van der Waals surface area contributed by atoms with E-state index in [1.807, 2.05) is 25.1 Å². The van der Waals surface area contributed by atoms with E-state index in [0.717, 1.165) is 6.42 Å². The molecule has 0 spiro atoms. The number of halogens is 1. The summed E-state index contributed by atoms with van der Waals surface area (Å²) in [6.07, 6.45) is 0.806. The van der Waals surface area contributed by atoms with Crippen LogP contribution in [0.25, 0.3) is 0 Å². The second-order valence-corrected chi connectivity index (χ2v) is 5.22. The van der Waals surface area contributed by atoms with Crippen LogP contribution in [0.5, 0.6) is 0 Å². The predicted octanol–water partition coefficient (Wildman–Crippen LogP) is 3.21. The van der Waals surface area contributed by atoms with Crippen molar-refractivity contribution >= 4 is 21.8 Å². The Hall–Kier alpha value is -1.68. The Morgan fingerprint density at radius 3 is 2.63 bits per heavy atom. The van der Waals surface area contributed by atoms with Gasteiger partial charge < -0.3 is 5.32 Å². The SMILES string of the molecule is CC(Cc1ccccc1)NC(=O)c1cccc(Br)n1. The maximum atomic E-state index is 12.0. The third-order valence-electron chi connectivity index (χ3n) is 2.71. The van der Waals surface area contributed by atoms with Crippen LogP contribution < -0.4 is 5.32 Å². The molecule has 0 aliphatic carbocycles. The molecule has 0 fully saturated rings. The van der Waals surface area contributed by atoms with Crippen LogP contribution in [0.2, 0.25) is 0 Å². The van der Waals surface area contributed by atoms with Gasteiger partial charge in [-0.3, -0.25) is 4.79 Å². The standard InChI is InChI=1S/C15H15BrN2O/c1-11(10-12-6-3-2-4-7-12)17-15(19)13-8-5-9-14(16)18-13/h2-9,11H,10H2,1H3,(H,17,19). The van der Waals surface area contributed by atoms with Crippen molar-refractivity contribution in [2.24, 2.45) is 0 Å². The van der Waals surface area contributed by atoms with Gasteiger partial charge in [0.2, 0.25) is 0 Å². The summed E-state index contributed by atoms with van der Waals surface area (Å²) < 4.78 is 0.663. The number of hydrogen-bond donors (Lipinski definition) is 1. The molecule has 1 heterocycles. The molecule has 1 aromatic carbocycles. The lowest BCUT2D eigenvalue weighted by atomic mass is 10.1. The number of nitrogens with one attached hydrogen (secondary N) is 1. The molecule has 0 bridgehead atoms. The van der Waals surface area contributed by atoms with Crippen LogP contribution in [-0.4, -0.2) is 16.9 Å². The molecule has 0 aliphatic rings. The van der Waals surface area contributed by atoms with Crippen LogP contribution in [0, 0.1) is 0 Å². The number of benzene rings is 1. The third kappa shape index (κ3) is 4.17. The zero-order valence-electron chi connectivity index (χ0n) is 10.6. The number of rotatable bonds is 4. The zero-order valence-corrected chi connectivity index (χ0v) is 12.2. The third-order valence-corrected chi connectivity index (χ3v) is 3.15. The van der Waals surface area contributed by atoms with Crippen LogP contribution in [-0.2, 0) is 6.42 Å². The first-order valence-corrected chi connectivity index (χ1v) is 6.92. The number of pyridine rings is 1. The highest BCUT2D eigenvalue weighted by Crippen LogP contribution is 2.07. The molecule has 0 radical (unpaired) electrons. The summed E-state index contributed by atoms with van der Waals surface area (Å²) in [7, 11) is 0. The maximum absolute atomic E-state index is 12.0. The fraction of sp³-hybridized carbons (Fsp3) is 0.200. The molecular formula is C15H15BrN2O. The van der Waals surface area contributed by atoms with E-state index in [2.05, 4.69) is 38.4 Å². The molecule has 19 heavy (non-hydrogen) atoms. The van der Waals surface area contributed by atoms with Crippen molar-refractivity contribution in [1.82, 2.24) is 10.3 Å². The Morgan fingerprint density at radius 2 is 1.95 bits per heavy atom. The van der Waals surface area contributed by atoms with Crippen LogP contribution in [0.4, 0.5) is 0 Å². The van der Waals surface area contributed by atoms with E-state index in [1.165, 1.54) is 5.56 Å². The van der Waals surface area contributed by atoms with Crippen LogP contribution >= 0.6 is 15.9 Å². The highest BCUT2D eigenvalue weighted by atomic mass is 79.9. The van der Waals surface area contributed by atoms with Gasteiger partial charge in [0.05, 0.1) is 0 Å². The largest absolute Gasteiger partial charge is 0.348 e. The Bertz CT molecular complexity index is 557. The van der Waals surface area contributed by atoms with Gasteiger partial charge in [-0.1, -0.05) is 36.4 Å². The number of amides is 1. The van der Waals surface area contributed by atoms with E-state index < -0.39 is 0 Å². The van der Waals surface area contributed by atoms with Crippen molar-refractivity contribution in [3.8, 4) is 0 Å². The molecule has 1 amide bonds. The summed E-state index contributed by atoms with van der Waals surface area (Å²) in [5, 5.41) is 2.95. The minimum atomic E-state index is -0.148. The maximum Gasteiger partial charge on any atom is 0.270 e. The molecule has 0 saturated heterocycles. The molecule has 98 valence electrons. The van der Waals surface area contributed by atoms with Gasteiger partial charge in [0.15, 0.2) is 0 Å². The lowest BCUT2D eigenvalue weighted by molar-refractivity contribution is 0.0935. The molecule has 0 saturated carbocycles. The highest BCUT2D eigenvalue weighted by molar-refractivity contribution is 9.10. The summed E-state index contributed by atoms with van der Waals surface area (Å²) >= 11 is 3.26. The van der Waals surface area contributed by atoms with Crippen molar-refractivity contribution in [2.45, 2.75) is 19.4 Å². The second kappa shape index (κ2) is 6.48. The number of nitrogens with zero attached hydrogens (tertiary/aromatic N) is 1. The summed E-state index contributed by atoms with van der Waals surface area (Å²) in [6, 6.07) is 15.5. The Kier molecular flexibility index (Phi) is 4.68. The molecule has 2 aromatic rings. The molecule has 1 N–H and O–H groups in total. The van der Waals surface area contributed by atoms with E-state index in [9.17, 15) is 4.79 Å². The first-order valence-electron chi connectivity index (χ1n) is 6.12. The molecule has 0 aliphatic heterocycles. The lowest BCUT2D eigenvalue weighted by Gasteiger charge is -2.13. The number of aromatic nitrogens is 1. The van der Waals surface area contributed by atoms with Gasteiger partial charge in [-0.2, -0.15) is 0 Å². The van der Waals surface area contributed by atoms with Crippen molar-refractivity contribution in [3.05, 3.63) is 64.4 Å². The topological polar surface area (TPSA) is 42.0 Å². The Morgan fingerprint density at radius 1 is 1.21 bits per heavy atom. The van der Waals surface area contributed by atoms with Gasteiger partial charge in [0.1, 0.15) is 10.3 Å². The first-order chi connectivity index (χ1) is 9.15. The van der Waals surface area contributed by atoms with Gasteiger partial charge >= 0.3 is 0 Å². The number of hydrogen-bond acceptors (Lipinski definition) is 2. The molecular weight excluding hydrogens is 304 g/mol. The molecule has 2 rings (SSSR count). The van der Waals surface area contributed by atoms with Gasteiger partial charge in [-0.25, -0.2) is 4.98 Å². The first kappa shape index (κ1) is 13.7. The second-order valence-electron chi connectivity index (χ2n) is 4.41. The Balaban J connectivity index is 1.95. The van der Waals surface area contributed by atoms with Crippen LogP contribution in [0.1, 0.15) is 23.0 Å². The van der Waals surface area contributed by atoms with E-state index >= 15 is 0 Å². The van der Waals surface area contributed by atoms with Crippen molar-refractivity contribution in [1.29, 1.82) is 0 Å². The van der Waals surface area contributed by atoms with E-state index in [4.69, 9.17) is 0 Å². The smallest absolute Gasteiger partial charge is 0.270 e. The fourth-order valence-corrected chi connectivity index (χ4v) is 2.19. The fourth-order valence-electron chi connectivity index (χ4n) is 1.85. The van der Waals surface area contributed by atoms with Gasteiger partial charge in [0, 0.05) is 6.04 Å². The minimum Gasteiger partial charge on any atom is -0.348 e. The number of carbonyl (C=O) groups excluding carboxylic acids is 1. The van der Waals surface area contributed by atoms with Gasteiger partial charge in [0.25, 0.3) is 5.91 Å². The predicted molar refractivity (Wildman–Crippen MR) is 79.0 cm³/mol. The van der Waals surface area contributed by atoms with E-state index in [-0.39, 0.29) is 11.9 Å². The molecule has 3 nitrogen and oxygen atoms in total. The summed E-state index contributed by atoms with van der Waals surface area (Å²) in [6.45, 7) is 1.99. The molecule has 1 atom stereocenters. The molecule has 4 heteroatoms. The number of carbonyl (C=O) groups is 1. The van der Waals surface area contributed by atoms with Gasteiger partial charge in [-0.15, -0.1) is 0 Å². The van der Waals surface area contributed by atoms with E-state index in [1.54, 1.807) is 18.2 Å². The van der Waals surface area contributed by atoms with Crippen molar-refractivity contribution in [2.75, 3.05) is 0 Å². The minimum absolute atomic E-state index is 0.0654. The average Bonchev–Trinajstić information content (AvgIpc) is 2.39. The molecule has 1 aromatic heterocycles. The van der Waals surface area contributed by atoms with E-state index in [0.29, 0.717) is 10.3 Å². The summed E-state index contributed by atoms with van der Waals surface area (Å²) in [5.41, 5.74) is 1.63. The van der Waals surface area contributed by atoms with Gasteiger partial charge in [-0.05, 0) is 47.0 Å². The summed E-state index contributed by atoms with van der Waals surface area (Å²) in [4.78, 5) is 16.1. The monoisotopic (exact) mass is 318 g/mol.